The van der Waals surface area contributed by atoms with E-state index in [1.54, 1.807) is 25.9 Å². The second-order valence-corrected chi connectivity index (χ2v) is 5.31. The van der Waals surface area contributed by atoms with Crippen molar-refractivity contribution in [1.29, 1.82) is 0 Å². The van der Waals surface area contributed by atoms with Gasteiger partial charge >= 0.3 is 0 Å². The molecular weight excluding hydrogens is 214 g/mol. The van der Waals surface area contributed by atoms with E-state index in [0.29, 0.717) is 5.82 Å². The minimum Gasteiger partial charge on any atom is -0.289 e. The number of imidazole rings is 1. The zero-order chi connectivity index (χ0) is 11.6. The lowest BCUT2D eigenvalue weighted by atomic mass is 10.6. The molecule has 1 rings (SSSR count). The largest absolute Gasteiger partial charge is 0.289 e. The summed E-state index contributed by atoms with van der Waals surface area (Å²) in [4.78, 5) is 5.48. The molecule has 0 radical (unpaired) electrons. The molecule has 1 atom stereocenters. The second kappa shape index (κ2) is 4.16. The summed E-state index contributed by atoms with van der Waals surface area (Å²) in [7, 11) is -0.0944. The Morgan fingerprint density at radius 1 is 1.60 bits per heavy atom. The van der Waals surface area contributed by atoms with E-state index in [1.165, 1.54) is 22.4 Å². The van der Waals surface area contributed by atoms with Gasteiger partial charge in [0, 0.05) is 12.4 Å². The molecule has 5 nitrogen and oxygen atoms in total. The summed E-state index contributed by atoms with van der Waals surface area (Å²) in [6.07, 6.45) is 4.29. The van der Waals surface area contributed by atoms with E-state index in [0.717, 1.165) is 0 Å². The van der Waals surface area contributed by atoms with Gasteiger partial charge in [-0.25, -0.2) is 17.4 Å². The summed E-state index contributed by atoms with van der Waals surface area (Å²) in [6, 6.07) is 0. The van der Waals surface area contributed by atoms with Crippen LogP contribution in [0.2, 0.25) is 0 Å². The summed E-state index contributed by atoms with van der Waals surface area (Å²) in [5, 5.41) is -0.745. The highest BCUT2D eigenvalue weighted by atomic mass is 32.2. The van der Waals surface area contributed by atoms with Gasteiger partial charge in [-0.1, -0.05) is 6.08 Å². The van der Waals surface area contributed by atoms with Crippen LogP contribution in [0.4, 0.5) is 0 Å². The smallest absolute Gasteiger partial charge is 0.259 e. The van der Waals surface area contributed by atoms with Crippen molar-refractivity contribution < 1.29 is 8.42 Å². The predicted octanol–water partition coefficient (Wildman–Crippen LogP) is 0.443. The standard InChI is InChI=1S/C9H15N3O2S/c1-5-9(11(3)4)15(13,14)12-7-6-10-8(12)2/h5-7,9H,1H2,2-4H3. The van der Waals surface area contributed by atoms with Crippen LogP contribution in [0.3, 0.4) is 0 Å². The number of hydrogen-bond donors (Lipinski definition) is 0. The predicted molar refractivity (Wildman–Crippen MR) is 59.0 cm³/mol. The molecule has 0 saturated heterocycles. The van der Waals surface area contributed by atoms with Gasteiger partial charge in [0.25, 0.3) is 10.0 Å². The summed E-state index contributed by atoms with van der Waals surface area (Å²) in [5.41, 5.74) is 0. The Hall–Kier alpha value is -1.14. The zero-order valence-electron chi connectivity index (χ0n) is 9.08. The van der Waals surface area contributed by atoms with Crippen molar-refractivity contribution in [2.45, 2.75) is 12.3 Å². The fourth-order valence-corrected chi connectivity index (χ4v) is 3.00. The number of likely N-dealkylation sites (N-methyl/N-ethyl adjacent to an activating group) is 1. The number of nitrogens with zero attached hydrogens (tertiary/aromatic N) is 3. The van der Waals surface area contributed by atoms with Crippen LogP contribution < -0.4 is 0 Å². The molecule has 0 aliphatic heterocycles. The average molecular weight is 229 g/mol. The van der Waals surface area contributed by atoms with Crippen molar-refractivity contribution in [3.63, 3.8) is 0 Å². The first-order valence-electron chi connectivity index (χ1n) is 4.44. The molecule has 15 heavy (non-hydrogen) atoms. The summed E-state index contributed by atoms with van der Waals surface area (Å²) >= 11 is 0. The molecular formula is C9H15N3O2S. The van der Waals surface area contributed by atoms with Crippen molar-refractivity contribution >= 4 is 10.0 Å². The second-order valence-electron chi connectivity index (χ2n) is 3.41. The van der Waals surface area contributed by atoms with Gasteiger partial charge in [-0.05, 0) is 21.0 Å². The Labute approximate surface area is 90.1 Å². The molecule has 6 heteroatoms. The van der Waals surface area contributed by atoms with Crippen LogP contribution in [0.15, 0.2) is 25.0 Å². The van der Waals surface area contributed by atoms with E-state index in [9.17, 15) is 8.42 Å². The van der Waals surface area contributed by atoms with Gasteiger partial charge in [0.2, 0.25) is 0 Å². The fourth-order valence-electron chi connectivity index (χ4n) is 1.35. The van der Waals surface area contributed by atoms with Crippen molar-refractivity contribution in [1.82, 2.24) is 13.9 Å². The molecule has 0 aliphatic carbocycles. The monoisotopic (exact) mass is 229 g/mol. The van der Waals surface area contributed by atoms with Crippen LogP contribution in [0.5, 0.6) is 0 Å². The van der Waals surface area contributed by atoms with Crippen LogP contribution in [-0.2, 0) is 10.0 Å². The average Bonchev–Trinajstić information content (AvgIpc) is 2.51. The quantitative estimate of drug-likeness (QED) is 0.703. The maximum Gasteiger partial charge on any atom is 0.259 e. The lowest BCUT2D eigenvalue weighted by Crippen LogP contribution is -2.37. The van der Waals surface area contributed by atoms with Crippen LogP contribution in [0, 0.1) is 6.92 Å². The first-order chi connectivity index (χ1) is 6.91. The topological polar surface area (TPSA) is 55.2 Å². The Balaban J connectivity index is 3.24. The molecule has 0 bridgehead atoms. The molecule has 0 saturated carbocycles. The first kappa shape index (κ1) is 11.9. The highest BCUT2D eigenvalue weighted by molar-refractivity contribution is 7.90. The lowest BCUT2D eigenvalue weighted by Gasteiger charge is -2.21. The van der Waals surface area contributed by atoms with E-state index in [-0.39, 0.29) is 0 Å². The molecule has 1 unspecified atom stereocenters. The number of hydrogen-bond acceptors (Lipinski definition) is 4. The third-order valence-electron chi connectivity index (χ3n) is 2.07. The molecule has 1 heterocycles. The van der Waals surface area contributed by atoms with E-state index in [1.807, 2.05) is 0 Å². The third kappa shape index (κ3) is 2.10. The fraction of sp³-hybridized carbons (Fsp3) is 0.444. The van der Waals surface area contributed by atoms with Gasteiger partial charge in [0.1, 0.15) is 5.82 Å². The van der Waals surface area contributed by atoms with Crippen LogP contribution in [-0.4, -0.2) is 41.7 Å². The molecule has 0 amide bonds. The molecule has 0 spiro atoms. The molecule has 84 valence electrons. The minimum atomic E-state index is -3.48. The maximum atomic E-state index is 12.1. The number of aryl methyl sites for hydroxylation is 1. The first-order valence-corrected chi connectivity index (χ1v) is 5.95. The Kier molecular flexibility index (Phi) is 3.31. The zero-order valence-corrected chi connectivity index (χ0v) is 9.90. The Bertz CT molecular complexity index is 448. The van der Waals surface area contributed by atoms with E-state index < -0.39 is 15.4 Å². The molecule has 0 aliphatic rings. The summed E-state index contributed by atoms with van der Waals surface area (Å²) in [5.74, 6) is 0.448. The van der Waals surface area contributed by atoms with Gasteiger partial charge in [-0.2, -0.15) is 0 Å². The Morgan fingerprint density at radius 2 is 2.20 bits per heavy atom. The Morgan fingerprint density at radius 3 is 2.53 bits per heavy atom. The van der Waals surface area contributed by atoms with Crippen LogP contribution in [0.25, 0.3) is 0 Å². The van der Waals surface area contributed by atoms with Gasteiger partial charge in [0.15, 0.2) is 5.37 Å². The summed E-state index contributed by atoms with van der Waals surface area (Å²) in [6.45, 7) is 5.18. The van der Waals surface area contributed by atoms with Gasteiger partial charge < -0.3 is 0 Å². The van der Waals surface area contributed by atoms with E-state index in [2.05, 4.69) is 11.6 Å². The lowest BCUT2D eigenvalue weighted by molar-refractivity contribution is 0.403. The van der Waals surface area contributed by atoms with Crippen LogP contribution >= 0.6 is 0 Å². The molecule has 0 N–H and O–H groups in total. The van der Waals surface area contributed by atoms with Crippen molar-refractivity contribution in [3.8, 4) is 0 Å². The summed E-state index contributed by atoms with van der Waals surface area (Å²) < 4.78 is 25.4. The SMILES string of the molecule is C=CC(N(C)C)S(=O)(=O)n1ccnc1C. The highest BCUT2D eigenvalue weighted by Crippen LogP contribution is 2.11. The van der Waals surface area contributed by atoms with Crippen LogP contribution in [0.1, 0.15) is 5.82 Å². The van der Waals surface area contributed by atoms with E-state index >= 15 is 0 Å². The molecule has 0 aromatic carbocycles. The third-order valence-corrected chi connectivity index (χ3v) is 4.23. The number of aromatic nitrogens is 2. The minimum absolute atomic E-state index is 0.448. The highest BCUT2D eigenvalue weighted by Gasteiger charge is 2.27. The molecule has 1 aromatic heterocycles. The van der Waals surface area contributed by atoms with E-state index in [4.69, 9.17) is 0 Å². The van der Waals surface area contributed by atoms with Gasteiger partial charge in [0.05, 0.1) is 0 Å². The van der Waals surface area contributed by atoms with Crippen molar-refractivity contribution in [3.05, 3.63) is 30.9 Å². The normalized spacial score (nSPS) is 14.1. The van der Waals surface area contributed by atoms with Crippen molar-refractivity contribution in [2.24, 2.45) is 0 Å². The maximum absolute atomic E-state index is 12.1. The molecule has 0 fully saturated rings. The van der Waals surface area contributed by atoms with Gasteiger partial charge in [-0.15, -0.1) is 6.58 Å². The molecule has 1 aromatic rings. The van der Waals surface area contributed by atoms with Gasteiger partial charge in [-0.3, -0.25) is 4.90 Å². The van der Waals surface area contributed by atoms with Crippen molar-refractivity contribution in [2.75, 3.05) is 14.1 Å². The number of rotatable bonds is 4.